The van der Waals surface area contributed by atoms with Gasteiger partial charge in [-0.15, -0.1) is 0 Å². The lowest BCUT2D eigenvalue weighted by Crippen LogP contribution is -2.45. The highest BCUT2D eigenvalue weighted by Gasteiger charge is 2.41. The van der Waals surface area contributed by atoms with Gasteiger partial charge in [-0.3, -0.25) is 4.79 Å². The van der Waals surface area contributed by atoms with Crippen LogP contribution in [0.1, 0.15) is 26.3 Å². The minimum Gasteiger partial charge on any atom is -0.458 e. The van der Waals surface area contributed by atoms with Crippen LogP contribution in [0.4, 0.5) is 0 Å². The van der Waals surface area contributed by atoms with Crippen LogP contribution in [0.3, 0.4) is 0 Å². The van der Waals surface area contributed by atoms with Crippen molar-refractivity contribution < 1.29 is 33.4 Å². The minimum absolute atomic E-state index is 0.117. The second kappa shape index (κ2) is 11.6. The van der Waals surface area contributed by atoms with E-state index in [2.05, 4.69) is 0 Å². The average Bonchev–Trinajstić information content (AvgIpc) is 2.86. The summed E-state index contributed by atoms with van der Waals surface area (Å²) < 4.78 is 15.6. The fourth-order valence-corrected chi connectivity index (χ4v) is 2.95. The van der Waals surface area contributed by atoms with Crippen molar-refractivity contribution in [3.8, 4) is 0 Å². The highest BCUT2D eigenvalue weighted by Crippen LogP contribution is 2.17. The molecule has 0 N–H and O–H groups in total. The molecule has 33 heavy (non-hydrogen) atoms. The molecule has 0 aliphatic carbocycles. The number of benzene rings is 3. The maximum atomic E-state index is 12.8. The number of rotatable bonds is 9. The second-order valence-electron chi connectivity index (χ2n) is 6.78. The zero-order chi connectivity index (χ0) is 23.6. The highest BCUT2D eigenvalue weighted by molar-refractivity contribution is 6.65. The van der Waals surface area contributed by atoms with Gasteiger partial charge in [-0.1, -0.05) is 66.7 Å². The van der Waals surface area contributed by atoms with Crippen LogP contribution < -0.4 is 0 Å². The molecule has 7 nitrogen and oxygen atoms in total. The first-order chi connectivity index (χ1) is 16.0. The van der Waals surface area contributed by atoms with Crippen molar-refractivity contribution in [3.05, 3.63) is 108 Å². The van der Waals surface area contributed by atoms with Crippen molar-refractivity contribution in [1.29, 1.82) is 0 Å². The number of halogens is 1. The number of ether oxygens (including phenoxy) is 3. The summed E-state index contributed by atoms with van der Waals surface area (Å²) in [6.07, 6.45) is -3.84. The van der Waals surface area contributed by atoms with Gasteiger partial charge < -0.3 is 14.2 Å². The summed E-state index contributed by atoms with van der Waals surface area (Å²) in [7, 11) is 0. The highest BCUT2D eigenvalue weighted by atomic mass is 35.5. The number of esters is 3. The van der Waals surface area contributed by atoms with Crippen LogP contribution in [0.5, 0.6) is 0 Å². The summed E-state index contributed by atoms with van der Waals surface area (Å²) in [5.74, 6) is -2.94. The first-order valence-electron chi connectivity index (χ1n) is 9.87. The fourth-order valence-electron chi connectivity index (χ4n) is 2.79. The Hall–Kier alpha value is -3.97. The molecule has 0 aromatic heterocycles. The summed E-state index contributed by atoms with van der Waals surface area (Å²) in [6.45, 7) is -0.158. The van der Waals surface area contributed by atoms with E-state index in [1.54, 1.807) is 66.7 Å². The Kier molecular flexibility index (Phi) is 8.32. The van der Waals surface area contributed by atoms with Crippen molar-refractivity contribution in [2.45, 2.75) is 18.8 Å². The maximum absolute atomic E-state index is 12.8. The van der Waals surface area contributed by atoms with Crippen molar-refractivity contribution in [1.82, 2.24) is 0 Å². The Bertz CT molecular complexity index is 1100. The lowest BCUT2D eigenvalue weighted by Gasteiger charge is -2.23. The smallest absolute Gasteiger partial charge is 0.352 e. The van der Waals surface area contributed by atoms with Crippen LogP contribution in [0.25, 0.3) is 0 Å². The molecule has 0 fully saturated rings. The largest absolute Gasteiger partial charge is 0.458 e. The van der Waals surface area contributed by atoms with Gasteiger partial charge in [0.1, 0.15) is 6.61 Å². The molecule has 8 heteroatoms. The van der Waals surface area contributed by atoms with Crippen molar-refractivity contribution in [2.75, 3.05) is 0 Å². The SMILES string of the molecule is O=C(O[C@H](C(=O)Cl)[C@H](OC(=O)c1ccccc1)C(=O)OCc1ccccc1)c1ccccc1. The molecule has 0 aliphatic rings. The summed E-state index contributed by atoms with van der Waals surface area (Å²) in [5.41, 5.74) is 0.897. The molecule has 0 unspecified atom stereocenters. The molecule has 3 aromatic rings. The van der Waals surface area contributed by atoms with Crippen LogP contribution >= 0.6 is 11.6 Å². The van der Waals surface area contributed by atoms with E-state index in [4.69, 9.17) is 25.8 Å². The molecule has 0 aliphatic heterocycles. The molecule has 0 radical (unpaired) electrons. The molecular formula is C25H19ClO7. The Morgan fingerprint density at radius 2 is 1.06 bits per heavy atom. The Morgan fingerprint density at radius 1 is 0.636 bits per heavy atom. The van der Waals surface area contributed by atoms with E-state index in [9.17, 15) is 19.2 Å². The zero-order valence-electron chi connectivity index (χ0n) is 17.3. The Morgan fingerprint density at radius 3 is 1.52 bits per heavy atom. The summed E-state index contributed by atoms with van der Waals surface area (Å²) >= 11 is 5.65. The topological polar surface area (TPSA) is 96.0 Å². The van der Waals surface area contributed by atoms with E-state index >= 15 is 0 Å². The third-order valence-electron chi connectivity index (χ3n) is 4.44. The number of carbonyl (C=O) groups excluding carboxylic acids is 4. The van der Waals surface area contributed by atoms with Gasteiger partial charge in [0.15, 0.2) is 0 Å². The first kappa shape index (κ1) is 23.7. The van der Waals surface area contributed by atoms with E-state index in [0.29, 0.717) is 5.56 Å². The summed E-state index contributed by atoms with van der Waals surface area (Å²) in [5, 5.41) is -1.21. The average molecular weight is 467 g/mol. The first-order valence-corrected chi connectivity index (χ1v) is 10.3. The van der Waals surface area contributed by atoms with E-state index in [-0.39, 0.29) is 17.7 Å². The van der Waals surface area contributed by atoms with Gasteiger partial charge in [0.25, 0.3) is 5.24 Å². The minimum atomic E-state index is -1.92. The maximum Gasteiger partial charge on any atom is 0.352 e. The number of carbonyl (C=O) groups is 4. The van der Waals surface area contributed by atoms with Gasteiger partial charge in [-0.2, -0.15) is 0 Å². The van der Waals surface area contributed by atoms with Crippen molar-refractivity contribution in [3.63, 3.8) is 0 Å². The normalized spacial score (nSPS) is 12.2. The van der Waals surface area contributed by atoms with E-state index in [1.807, 2.05) is 0 Å². The predicted octanol–water partition coefficient (Wildman–Crippen LogP) is 3.95. The standard InChI is InChI=1S/C25H19ClO7/c26-22(27)20(32-23(28)18-12-6-2-7-13-18)21(33-24(29)19-14-8-3-9-15-19)25(30)31-16-17-10-4-1-5-11-17/h1-15,20-21H,16H2/t20-,21-/m0/s1. The van der Waals surface area contributed by atoms with Crippen LogP contribution in [-0.4, -0.2) is 35.4 Å². The summed E-state index contributed by atoms with van der Waals surface area (Å²) in [6, 6.07) is 24.3. The molecule has 3 rings (SSSR count). The molecule has 0 saturated carbocycles. The van der Waals surface area contributed by atoms with Crippen LogP contribution in [0.15, 0.2) is 91.0 Å². The molecule has 0 amide bonds. The molecule has 0 saturated heterocycles. The molecule has 0 bridgehead atoms. The lowest BCUT2D eigenvalue weighted by atomic mass is 10.2. The molecule has 3 aromatic carbocycles. The monoisotopic (exact) mass is 466 g/mol. The van der Waals surface area contributed by atoms with Gasteiger partial charge in [0.05, 0.1) is 11.1 Å². The second-order valence-corrected chi connectivity index (χ2v) is 7.15. The van der Waals surface area contributed by atoms with Gasteiger partial charge >= 0.3 is 17.9 Å². The van der Waals surface area contributed by atoms with Gasteiger partial charge in [-0.25, -0.2) is 14.4 Å². The fraction of sp³-hybridized carbons (Fsp3) is 0.120. The molecule has 0 heterocycles. The summed E-state index contributed by atoms with van der Waals surface area (Å²) in [4.78, 5) is 50.1. The molecule has 0 spiro atoms. The van der Waals surface area contributed by atoms with E-state index in [1.165, 1.54) is 24.3 Å². The zero-order valence-corrected chi connectivity index (χ0v) is 18.0. The number of hydrogen-bond acceptors (Lipinski definition) is 7. The van der Waals surface area contributed by atoms with Gasteiger partial charge in [-0.05, 0) is 41.4 Å². The van der Waals surface area contributed by atoms with Crippen molar-refractivity contribution in [2.24, 2.45) is 0 Å². The van der Waals surface area contributed by atoms with E-state index in [0.717, 1.165) is 0 Å². The predicted molar refractivity (Wildman–Crippen MR) is 118 cm³/mol. The molecule has 168 valence electrons. The Labute approximate surface area is 194 Å². The Balaban J connectivity index is 1.83. The van der Waals surface area contributed by atoms with Crippen molar-refractivity contribution >= 4 is 34.8 Å². The van der Waals surface area contributed by atoms with E-state index < -0.39 is 35.4 Å². The lowest BCUT2D eigenvalue weighted by molar-refractivity contribution is -0.163. The third kappa shape index (κ3) is 6.75. The molecule has 2 atom stereocenters. The van der Waals surface area contributed by atoms with Crippen LogP contribution in [0.2, 0.25) is 0 Å². The van der Waals surface area contributed by atoms with Crippen LogP contribution in [0, 0.1) is 0 Å². The van der Waals surface area contributed by atoms with Gasteiger partial charge in [0.2, 0.25) is 12.2 Å². The quantitative estimate of drug-likeness (QED) is 0.267. The third-order valence-corrected chi connectivity index (χ3v) is 4.66. The van der Waals surface area contributed by atoms with Gasteiger partial charge in [0, 0.05) is 0 Å². The molecular weight excluding hydrogens is 448 g/mol. The van der Waals surface area contributed by atoms with Crippen LogP contribution in [-0.2, 0) is 30.4 Å². The number of hydrogen-bond donors (Lipinski definition) is 0.